The first-order chi connectivity index (χ1) is 10.1. The summed E-state index contributed by atoms with van der Waals surface area (Å²) in [7, 11) is 3.92. The van der Waals surface area contributed by atoms with E-state index in [2.05, 4.69) is 35.7 Å². The number of nitrogens with one attached hydrogen (secondary N) is 1. The summed E-state index contributed by atoms with van der Waals surface area (Å²) in [6, 6.07) is 0. The highest BCUT2D eigenvalue weighted by atomic mass is 16.5. The number of nitrogens with zero attached hydrogens (tertiary/aromatic N) is 3. The van der Waals surface area contributed by atoms with Gasteiger partial charge in [0, 0.05) is 58.4 Å². The molecule has 1 aliphatic rings. The van der Waals surface area contributed by atoms with Crippen LogP contribution in [0.3, 0.4) is 0 Å². The van der Waals surface area contributed by atoms with Crippen molar-refractivity contribution in [2.75, 3.05) is 40.4 Å². The lowest BCUT2D eigenvalue weighted by Crippen LogP contribution is -2.29. The average Bonchev–Trinajstić information content (AvgIpc) is 2.79. The van der Waals surface area contributed by atoms with Crippen LogP contribution in [0.1, 0.15) is 31.1 Å². The summed E-state index contributed by atoms with van der Waals surface area (Å²) >= 11 is 0. The molecule has 0 amide bonds. The normalized spacial score (nSPS) is 15.0. The highest BCUT2D eigenvalue weighted by Gasteiger charge is 2.20. The number of fused-ring (bicyclic) bond motifs is 1. The molecular weight excluding hydrogens is 264 g/mol. The maximum absolute atomic E-state index is 5.15. The molecule has 1 N–H and O–H groups in total. The monoisotopic (exact) mass is 294 g/mol. The van der Waals surface area contributed by atoms with Gasteiger partial charge >= 0.3 is 0 Å². The molecule has 2 heterocycles. The van der Waals surface area contributed by atoms with E-state index in [1.807, 2.05) is 0 Å². The Hall–Kier alpha value is -0.910. The Balaban J connectivity index is 2.06. The van der Waals surface area contributed by atoms with Gasteiger partial charge in [-0.1, -0.05) is 13.8 Å². The van der Waals surface area contributed by atoms with Crippen LogP contribution in [-0.4, -0.2) is 54.8 Å². The summed E-state index contributed by atoms with van der Waals surface area (Å²) in [5.74, 6) is 1.91. The smallest absolute Gasteiger partial charge is 0.109 e. The Morgan fingerprint density at radius 2 is 2.19 bits per heavy atom. The number of ether oxygens (including phenoxy) is 1. The molecule has 0 aromatic carbocycles. The minimum atomic E-state index is 0.645. The van der Waals surface area contributed by atoms with E-state index >= 15 is 0 Å². The number of rotatable bonds is 8. The molecule has 0 atom stereocenters. The van der Waals surface area contributed by atoms with E-state index < -0.39 is 0 Å². The van der Waals surface area contributed by atoms with Crippen LogP contribution in [-0.2, 0) is 30.7 Å². The van der Waals surface area contributed by atoms with Gasteiger partial charge in [-0.3, -0.25) is 0 Å². The van der Waals surface area contributed by atoms with Gasteiger partial charge in [0.2, 0.25) is 0 Å². The van der Waals surface area contributed by atoms with Crippen LogP contribution in [0.4, 0.5) is 0 Å². The molecule has 5 heteroatoms. The average molecular weight is 294 g/mol. The molecule has 2 rings (SSSR count). The van der Waals surface area contributed by atoms with Crippen LogP contribution in [0, 0.1) is 5.92 Å². The molecule has 0 aliphatic carbocycles. The highest BCUT2D eigenvalue weighted by Crippen LogP contribution is 2.18. The topological polar surface area (TPSA) is 42.3 Å². The third kappa shape index (κ3) is 4.53. The molecule has 5 nitrogen and oxygen atoms in total. The van der Waals surface area contributed by atoms with E-state index in [1.165, 1.54) is 17.2 Å². The van der Waals surface area contributed by atoms with E-state index in [4.69, 9.17) is 9.72 Å². The van der Waals surface area contributed by atoms with Gasteiger partial charge in [0.1, 0.15) is 5.82 Å². The lowest BCUT2D eigenvalue weighted by Gasteiger charge is -2.20. The lowest BCUT2D eigenvalue weighted by molar-refractivity contribution is 0.159. The van der Waals surface area contributed by atoms with Gasteiger partial charge in [-0.15, -0.1) is 0 Å². The maximum atomic E-state index is 5.15. The molecule has 0 fully saturated rings. The Morgan fingerprint density at radius 3 is 2.90 bits per heavy atom. The van der Waals surface area contributed by atoms with Gasteiger partial charge in [-0.2, -0.15) is 0 Å². The number of hydrogen-bond donors (Lipinski definition) is 1. The zero-order valence-corrected chi connectivity index (χ0v) is 14.0. The molecule has 0 spiro atoms. The van der Waals surface area contributed by atoms with Crippen LogP contribution in [0.15, 0.2) is 0 Å². The van der Waals surface area contributed by atoms with Crippen molar-refractivity contribution in [1.82, 2.24) is 19.8 Å². The van der Waals surface area contributed by atoms with Crippen molar-refractivity contribution in [2.24, 2.45) is 5.92 Å². The minimum Gasteiger partial charge on any atom is -0.383 e. The van der Waals surface area contributed by atoms with Crippen molar-refractivity contribution in [1.29, 1.82) is 0 Å². The minimum absolute atomic E-state index is 0.645. The molecule has 21 heavy (non-hydrogen) atoms. The van der Waals surface area contributed by atoms with Gasteiger partial charge in [0.15, 0.2) is 0 Å². The number of hydrogen-bond acceptors (Lipinski definition) is 4. The first-order valence-electron chi connectivity index (χ1n) is 8.07. The summed E-state index contributed by atoms with van der Waals surface area (Å²) in [4.78, 5) is 7.22. The van der Waals surface area contributed by atoms with Crippen LogP contribution in [0.25, 0.3) is 0 Å². The van der Waals surface area contributed by atoms with Gasteiger partial charge in [0.05, 0.1) is 12.3 Å². The molecule has 0 radical (unpaired) electrons. The Labute approximate surface area is 128 Å². The van der Waals surface area contributed by atoms with Crippen LogP contribution in [0.2, 0.25) is 0 Å². The predicted octanol–water partition coefficient (Wildman–Crippen LogP) is 1.31. The molecule has 1 aliphatic heterocycles. The highest BCUT2D eigenvalue weighted by molar-refractivity contribution is 5.20. The van der Waals surface area contributed by atoms with Crippen LogP contribution < -0.4 is 5.32 Å². The quantitative estimate of drug-likeness (QED) is 0.785. The summed E-state index contributed by atoms with van der Waals surface area (Å²) < 4.78 is 7.62. The van der Waals surface area contributed by atoms with E-state index in [9.17, 15) is 0 Å². The first kappa shape index (κ1) is 16.5. The standard InChI is InChI=1S/C16H30N4O/c1-13(2)11-16-18-14-12-17-6-5-15(14)20(16)8-7-19(3)9-10-21-4/h13,17H,5-12H2,1-4H3. The summed E-state index contributed by atoms with van der Waals surface area (Å²) in [5, 5.41) is 3.42. The Kier molecular flexibility index (Phi) is 6.21. The predicted molar refractivity (Wildman–Crippen MR) is 85.6 cm³/mol. The zero-order chi connectivity index (χ0) is 15.2. The van der Waals surface area contributed by atoms with E-state index in [0.29, 0.717) is 5.92 Å². The van der Waals surface area contributed by atoms with E-state index in [1.54, 1.807) is 7.11 Å². The second-order valence-electron chi connectivity index (χ2n) is 6.39. The van der Waals surface area contributed by atoms with E-state index in [0.717, 1.165) is 52.2 Å². The Bertz CT molecular complexity index is 442. The molecule has 0 saturated heterocycles. The SMILES string of the molecule is COCCN(C)CCn1c(CC(C)C)nc2c1CCNC2. The summed E-state index contributed by atoms with van der Waals surface area (Å²) in [6.07, 6.45) is 2.16. The number of imidazole rings is 1. The molecule has 1 aromatic heterocycles. The molecule has 1 aromatic rings. The lowest BCUT2D eigenvalue weighted by atomic mass is 10.1. The number of methoxy groups -OCH3 is 1. The van der Waals surface area contributed by atoms with Gasteiger partial charge < -0.3 is 19.5 Å². The van der Waals surface area contributed by atoms with Crippen LogP contribution in [0.5, 0.6) is 0 Å². The van der Waals surface area contributed by atoms with E-state index in [-0.39, 0.29) is 0 Å². The third-order valence-corrected chi connectivity index (χ3v) is 4.04. The van der Waals surface area contributed by atoms with Crippen LogP contribution >= 0.6 is 0 Å². The molecular formula is C16H30N4O. The van der Waals surface area contributed by atoms with Crippen molar-refractivity contribution in [3.05, 3.63) is 17.2 Å². The molecule has 0 unspecified atom stereocenters. The number of likely N-dealkylation sites (N-methyl/N-ethyl adjacent to an activating group) is 1. The third-order valence-electron chi connectivity index (χ3n) is 4.04. The van der Waals surface area contributed by atoms with Gasteiger partial charge in [-0.25, -0.2) is 4.98 Å². The second kappa shape index (κ2) is 7.92. The van der Waals surface area contributed by atoms with Crippen molar-refractivity contribution >= 4 is 0 Å². The molecule has 0 bridgehead atoms. The fourth-order valence-corrected chi connectivity index (χ4v) is 2.84. The first-order valence-corrected chi connectivity index (χ1v) is 8.07. The molecule has 0 saturated carbocycles. The number of aromatic nitrogens is 2. The molecule has 120 valence electrons. The maximum Gasteiger partial charge on any atom is 0.109 e. The Morgan fingerprint density at radius 1 is 1.38 bits per heavy atom. The fourth-order valence-electron chi connectivity index (χ4n) is 2.84. The second-order valence-corrected chi connectivity index (χ2v) is 6.39. The largest absolute Gasteiger partial charge is 0.383 e. The van der Waals surface area contributed by atoms with Gasteiger partial charge in [0.25, 0.3) is 0 Å². The fraction of sp³-hybridized carbons (Fsp3) is 0.812. The van der Waals surface area contributed by atoms with Crippen molar-refractivity contribution in [2.45, 2.75) is 39.8 Å². The van der Waals surface area contributed by atoms with Crippen molar-refractivity contribution in [3.63, 3.8) is 0 Å². The van der Waals surface area contributed by atoms with Crippen molar-refractivity contribution < 1.29 is 4.74 Å². The summed E-state index contributed by atoms with van der Waals surface area (Å²) in [5.41, 5.74) is 2.71. The van der Waals surface area contributed by atoms with Gasteiger partial charge in [-0.05, 0) is 13.0 Å². The van der Waals surface area contributed by atoms with Crippen molar-refractivity contribution in [3.8, 4) is 0 Å². The summed E-state index contributed by atoms with van der Waals surface area (Å²) in [6.45, 7) is 10.4. The zero-order valence-electron chi connectivity index (χ0n) is 14.0.